The van der Waals surface area contributed by atoms with E-state index in [4.69, 9.17) is 16.0 Å². The van der Waals surface area contributed by atoms with Crippen LogP contribution in [0.5, 0.6) is 0 Å². The summed E-state index contributed by atoms with van der Waals surface area (Å²) in [5.74, 6) is 0.0513. The van der Waals surface area contributed by atoms with Crippen molar-refractivity contribution in [1.29, 1.82) is 0 Å². The number of nitrogens with one attached hydrogen (secondary N) is 1. The Morgan fingerprint density at radius 1 is 1.36 bits per heavy atom. The summed E-state index contributed by atoms with van der Waals surface area (Å²) in [5, 5.41) is 7.98. The van der Waals surface area contributed by atoms with Gasteiger partial charge in [-0.2, -0.15) is 5.10 Å². The van der Waals surface area contributed by atoms with Gasteiger partial charge in [0, 0.05) is 19.2 Å². The van der Waals surface area contributed by atoms with Crippen LogP contribution in [0, 0.1) is 6.92 Å². The van der Waals surface area contributed by atoms with Crippen LogP contribution in [-0.2, 0) is 7.05 Å². The molecule has 0 unspecified atom stereocenters. The van der Waals surface area contributed by atoms with Gasteiger partial charge in [0.15, 0.2) is 17.0 Å². The number of hydrogen-bond acceptors (Lipinski definition) is 4. The van der Waals surface area contributed by atoms with E-state index in [1.165, 1.54) is 6.07 Å². The van der Waals surface area contributed by atoms with Crippen LogP contribution in [0.4, 0.5) is 5.82 Å². The first kappa shape index (κ1) is 14.3. The van der Waals surface area contributed by atoms with Gasteiger partial charge in [-0.15, -0.1) is 0 Å². The van der Waals surface area contributed by atoms with Gasteiger partial charge in [-0.3, -0.25) is 14.3 Å². The Morgan fingerprint density at radius 3 is 2.86 bits per heavy atom. The lowest BCUT2D eigenvalue weighted by atomic mass is 10.2. The molecule has 2 aromatic heterocycles. The second kappa shape index (κ2) is 5.31. The molecule has 0 bridgehead atoms. The third kappa shape index (κ3) is 2.48. The third-order valence-corrected chi connectivity index (χ3v) is 3.49. The fourth-order valence-corrected chi connectivity index (χ4v) is 2.50. The predicted octanol–water partition coefficient (Wildman–Crippen LogP) is 2.74. The van der Waals surface area contributed by atoms with Crippen LogP contribution >= 0.6 is 11.6 Å². The molecule has 3 rings (SSSR count). The highest BCUT2D eigenvalue weighted by Crippen LogP contribution is 2.29. The Balaban J connectivity index is 2.03. The van der Waals surface area contributed by atoms with Gasteiger partial charge in [0.2, 0.25) is 0 Å². The number of benzene rings is 1. The smallest absolute Gasteiger partial charge is 0.292 e. The Hall–Kier alpha value is -2.60. The SMILES string of the molecule is Cc1cc(=O)cc(C(=O)Nc2nn(C)c3cccc(Cl)c23)o1. The van der Waals surface area contributed by atoms with E-state index in [9.17, 15) is 9.59 Å². The van der Waals surface area contributed by atoms with Crippen molar-refractivity contribution < 1.29 is 9.21 Å². The Bertz CT molecular complexity index is 943. The van der Waals surface area contributed by atoms with Crippen molar-refractivity contribution in [2.45, 2.75) is 6.92 Å². The van der Waals surface area contributed by atoms with E-state index < -0.39 is 5.91 Å². The molecule has 112 valence electrons. The number of hydrogen-bond donors (Lipinski definition) is 1. The molecule has 22 heavy (non-hydrogen) atoms. The van der Waals surface area contributed by atoms with Crippen LogP contribution in [0.25, 0.3) is 10.9 Å². The predicted molar refractivity (Wildman–Crippen MR) is 83.4 cm³/mol. The molecule has 0 aliphatic heterocycles. The van der Waals surface area contributed by atoms with Gasteiger partial charge in [0.1, 0.15) is 5.76 Å². The second-order valence-electron chi connectivity index (χ2n) is 4.83. The maximum atomic E-state index is 12.2. The largest absolute Gasteiger partial charge is 0.456 e. The average molecular weight is 318 g/mol. The normalized spacial score (nSPS) is 10.9. The fraction of sp³-hybridized carbons (Fsp3) is 0.133. The first-order chi connectivity index (χ1) is 10.5. The maximum absolute atomic E-state index is 12.2. The highest BCUT2D eigenvalue weighted by molar-refractivity contribution is 6.36. The molecule has 0 aliphatic carbocycles. The standard InChI is InChI=1S/C15H12ClN3O3/c1-8-6-9(20)7-12(22-8)15(21)17-14-13-10(16)4-3-5-11(13)19(2)18-14/h3-7H,1-2H3,(H,17,18,21). The summed E-state index contributed by atoms with van der Waals surface area (Å²) in [7, 11) is 1.75. The molecule has 2 heterocycles. The van der Waals surface area contributed by atoms with Crippen LogP contribution in [0.15, 0.2) is 39.5 Å². The fourth-order valence-electron chi connectivity index (χ4n) is 2.24. The van der Waals surface area contributed by atoms with E-state index >= 15 is 0 Å². The van der Waals surface area contributed by atoms with Crippen molar-refractivity contribution in [2.75, 3.05) is 5.32 Å². The van der Waals surface area contributed by atoms with Crippen LogP contribution in [0.1, 0.15) is 16.3 Å². The van der Waals surface area contributed by atoms with Gasteiger partial charge in [-0.05, 0) is 19.1 Å². The number of amides is 1. The van der Waals surface area contributed by atoms with Crippen LogP contribution < -0.4 is 10.7 Å². The molecule has 1 N–H and O–H groups in total. The molecule has 1 amide bonds. The van der Waals surface area contributed by atoms with E-state index in [1.807, 2.05) is 6.07 Å². The lowest BCUT2D eigenvalue weighted by Gasteiger charge is -2.03. The molecule has 7 heteroatoms. The first-order valence-electron chi connectivity index (χ1n) is 6.50. The molecule has 3 aromatic rings. The average Bonchev–Trinajstić information content (AvgIpc) is 2.75. The van der Waals surface area contributed by atoms with Gasteiger partial charge < -0.3 is 9.73 Å². The summed E-state index contributed by atoms with van der Waals surface area (Å²) in [5.41, 5.74) is 0.492. The quantitative estimate of drug-likeness (QED) is 0.788. The summed E-state index contributed by atoms with van der Waals surface area (Å²) in [6.45, 7) is 1.60. The van der Waals surface area contributed by atoms with Crippen molar-refractivity contribution in [2.24, 2.45) is 7.05 Å². The van der Waals surface area contributed by atoms with Crippen molar-refractivity contribution in [1.82, 2.24) is 9.78 Å². The lowest BCUT2D eigenvalue weighted by Crippen LogP contribution is -2.15. The highest BCUT2D eigenvalue weighted by atomic mass is 35.5. The molecule has 0 aliphatic rings. The van der Waals surface area contributed by atoms with E-state index in [-0.39, 0.29) is 11.2 Å². The van der Waals surface area contributed by atoms with Gasteiger partial charge >= 0.3 is 0 Å². The number of halogens is 1. The van der Waals surface area contributed by atoms with Crippen LogP contribution in [-0.4, -0.2) is 15.7 Å². The van der Waals surface area contributed by atoms with E-state index in [0.717, 1.165) is 11.6 Å². The molecule has 0 saturated heterocycles. The summed E-state index contributed by atoms with van der Waals surface area (Å²) in [6, 6.07) is 7.81. The Labute approximate surface area is 130 Å². The number of anilines is 1. The first-order valence-corrected chi connectivity index (χ1v) is 6.88. The zero-order chi connectivity index (χ0) is 15.9. The topological polar surface area (TPSA) is 77.1 Å². The van der Waals surface area contributed by atoms with Crippen molar-refractivity contribution in [3.05, 3.63) is 57.1 Å². The summed E-state index contributed by atoms with van der Waals surface area (Å²) >= 11 is 6.18. The molecule has 6 nitrogen and oxygen atoms in total. The zero-order valence-electron chi connectivity index (χ0n) is 11.9. The molecular weight excluding hydrogens is 306 g/mol. The zero-order valence-corrected chi connectivity index (χ0v) is 12.6. The number of aromatic nitrogens is 2. The Kier molecular flexibility index (Phi) is 3.46. The number of rotatable bonds is 2. The second-order valence-corrected chi connectivity index (χ2v) is 5.24. The van der Waals surface area contributed by atoms with E-state index in [1.54, 1.807) is 30.8 Å². The van der Waals surface area contributed by atoms with E-state index in [2.05, 4.69) is 10.4 Å². The van der Waals surface area contributed by atoms with Crippen molar-refractivity contribution >= 4 is 34.2 Å². The number of carbonyl (C=O) groups is 1. The van der Waals surface area contributed by atoms with Gasteiger partial charge in [-0.1, -0.05) is 17.7 Å². The number of fused-ring (bicyclic) bond motifs is 1. The monoisotopic (exact) mass is 317 g/mol. The molecule has 0 radical (unpaired) electrons. The Morgan fingerprint density at radius 2 is 2.14 bits per heavy atom. The number of nitrogens with zero attached hydrogens (tertiary/aromatic N) is 2. The summed E-state index contributed by atoms with van der Waals surface area (Å²) in [6.07, 6.45) is 0. The summed E-state index contributed by atoms with van der Waals surface area (Å²) < 4.78 is 6.88. The van der Waals surface area contributed by atoms with Gasteiger partial charge in [0.25, 0.3) is 5.91 Å². The molecule has 0 spiro atoms. The molecular formula is C15H12ClN3O3. The van der Waals surface area contributed by atoms with Crippen molar-refractivity contribution in [3.63, 3.8) is 0 Å². The van der Waals surface area contributed by atoms with Crippen molar-refractivity contribution in [3.8, 4) is 0 Å². The summed E-state index contributed by atoms with van der Waals surface area (Å²) in [4.78, 5) is 23.7. The van der Waals surface area contributed by atoms with E-state index in [0.29, 0.717) is 22.0 Å². The minimum Gasteiger partial charge on any atom is -0.456 e. The molecule has 0 saturated carbocycles. The molecule has 0 fully saturated rings. The van der Waals surface area contributed by atoms with Crippen LogP contribution in [0.3, 0.4) is 0 Å². The maximum Gasteiger partial charge on any atom is 0.292 e. The number of carbonyl (C=O) groups excluding carboxylic acids is 1. The van der Waals surface area contributed by atoms with Gasteiger partial charge in [-0.25, -0.2) is 0 Å². The lowest BCUT2D eigenvalue weighted by molar-refractivity contribution is 0.0992. The molecule has 1 aromatic carbocycles. The minimum absolute atomic E-state index is 0.0733. The number of aryl methyl sites for hydroxylation is 2. The van der Waals surface area contributed by atoms with Crippen LogP contribution in [0.2, 0.25) is 5.02 Å². The minimum atomic E-state index is -0.555. The van der Waals surface area contributed by atoms with Gasteiger partial charge in [0.05, 0.1) is 15.9 Å². The third-order valence-electron chi connectivity index (χ3n) is 3.17. The highest BCUT2D eigenvalue weighted by Gasteiger charge is 2.17. The molecule has 0 atom stereocenters.